The van der Waals surface area contributed by atoms with Crippen LogP contribution in [0.3, 0.4) is 0 Å². The maximum atomic E-state index is 9.12. The SMILES string of the molecule is N#Cc1ccc2ncn(CC3C[C@@]4(CCC35CC5)CO4)c2c1. The summed E-state index contributed by atoms with van der Waals surface area (Å²) in [7, 11) is 0. The zero-order valence-electron chi connectivity index (χ0n) is 12.6. The van der Waals surface area contributed by atoms with Crippen LogP contribution < -0.4 is 0 Å². The summed E-state index contributed by atoms with van der Waals surface area (Å²) in [5.74, 6) is 0.687. The summed E-state index contributed by atoms with van der Waals surface area (Å²) in [6.07, 6.45) is 8.48. The molecule has 5 rings (SSSR count). The molecule has 4 nitrogen and oxygen atoms in total. The second-order valence-electron chi connectivity index (χ2n) is 7.45. The minimum Gasteiger partial charge on any atom is -0.370 e. The number of ether oxygens (including phenoxy) is 1. The summed E-state index contributed by atoms with van der Waals surface area (Å²) >= 11 is 0. The number of imidazole rings is 1. The number of hydrogen-bond donors (Lipinski definition) is 0. The molecule has 0 radical (unpaired) electrons. The van der Waals surface area contributed by atoms with E-state index in [9.17, 15) is 0 Å². The molecule has 4 heteroatoms. The van der Waals surface area contributed by atoms with Gasteiger partial charge in [-0.05, 0) is 61.6 Å². The van der Waals surface area contributed by atoms with E-state index in [0.29, 0.717) is 16.9 Å². The van der Waals surface area contributed by atoms with Gasteiger partial charge < -0.3 is 9.30 Å². The van der Waals surface area contributed by atoms with Crippen molar-refractivity contribution in [2.24, 2.45) is 11.3 Å². The number of aromatic nitrogens is 2. The molecule has 112 valence electrons. The van der Waals surface area contributed by atoms with Crippen molar-refractivity contribution in [3.8, 4) is 6.07 Å². The molecule has 1 aromatic carbocycles. The second kappa shape index (κ2) is 4.11. The van der Waals surface area contributed by atoms with Crippen molar-refractivity contribution in [2.75, 3.05) is 6.61 Å². The number of benzene rings is 1. The van der Waals surface area contributed by atoms with Gasteiger partial charge in [0.2, 0.25) is 0 Å². The van der Waals surface area contributed by atoms with Gasteiger partial charge in [0.1, 0.15) is 0 Å². The van der Waals surface area contributed by atoms with Crippen LogP contribution in [0.2, 0.25) is 0 Å². The molecule has 2 heterocycles. The van der Waals surface area contributed by atoms with Gasteiger partial charge in [-0.1, -0.05) is 0 Å². The van der Waals surface area contributed by atoms with Gasteiger partial charge >= 0.3 is 0 Å². The van der Waals surface area contributed by atoms with E-state index < -0.39 is 0 Å². The van der Waals surface area contributed by atoms with E-state index in [1.165, 1.54) is 32.1 Å². The molecule has 1 saturated heterocycles. The Morgan fingerprint density at radius 2 is 2.14 bits per heavy atom. The van der Waals surface area contributed by atoms with Crippen LogP contribution >= 0.6 is 0 Å². The first-order valence-electron chi connectivity index (χ1n) is 8.21. The Hall–Kier alpha value is -1.86. The first-order valence-corrected chi connectivity index (χ1v) is 8.21. The molecule has 2 saturated carbocycles. The highest BCUT2D eigenvalue weighted by Gasteiger charge is 2.59. The number of nitriles is 1. The molecule has 0 bridgehead atoms. The van der Waals surface area contributed by atoms with Gasteiger partial charge in [-0.25, -0.2) is 4.98 Å². The molecule has 2 aromatic rings. The summed E-state index contributed by atoms with van der Waals surface area (Å²) in [4.78, 5) is 4.50. The van der Waals surface area contributed by atoms with Crippen LogP contribution in [0, 0.1) is 22.7 Å². The van der Waals surface area contributed by atoms with E-state index >= 15 is 0 Å². The molecule has 3 fully saturated rings. The Bertz CT molecular complexity index is 792. The number of nitrogens with zero attached hydrogens (tertiary/aromatic N) is 3. The number of rotatable bonds is 2. The van der Waals surface area contributed by atoms with Crippen molar-refractivity contribution in [3.63, 3.8) is 0 Å². The third-order valence-electron chi connectivity index (χ3n) is 6.17. The van der Waals surface area contributed by atoms with Crippen molar-refractivity contribution < 1.29 is 4.74 Å². The molecule has 2 aliphatic carbocycles. The molecule has 3 aliphatic rings. The van der Waals surface area contributed by atoms with E-state index in [1.807, 2.05) is 24.5 Å². The summed E-state index contributed by atoms with van der Waals surface area (Å²) in [6.45, 7) is 1.97. The fourth-order valence-corrected chi connectivity index (χ4v) is 4.40. The Kier molecular flexibility index (Phi) is 2.37. The third-order valence-corrected chi connectivity index (χ3v) is 6.17. The fourth-order valence-electron chi connectivity index (χ4n) is 4.40. The maximum absolute atomic E-state index is 9.12. The topological polar surface area (TPSA) is 54.1 Å². The largest absolute Gasteiger partial charge is 0.370 e. The lowest BCUT2D eigenvalue weighted by molar-refractivity contribution is 0.108. The van der Waals surface area contributed by atoms with Gasteiger partial charge in [-0.15, -0.1) is 0 Å². The highest BCUT2D eigenvalue weighted by molar-refractivity contribution is 5.76. The molecule has 1 unspecified atom stereocenters. The van der Waals surface area contributed by atoms with E-state index in [-0.39, 0.29) is 5.60 Å². The van der Waals surface area contributed by atoms with Gasteiger partial charge in [0.15, 0.2) is 0 Å². The van der Waals surface area contributed by atoms with Gasteiger partial charge in [-0.2, -0.15) is 5.26 Å². The summed E-state index contributed by atoms with van der Waals surface area (Å²) < 4.78 is 8.02. The Balaban J connectivity index is 1.48. The minimum atomic E-state index is 0.215. The number of epoxide rings is 1. The van der Waals surface area contributed by atoms with Crippen LogP contribution in [0.15, 0.2) is 24.5 Å². The maximum Gasteiger partial charge on any atom is 0.0992 e. The van der Waals surface area contributed by atoms with E-state index in [2.05, 4.69) is 15.6 Å². The average molecular weight is 293 g/mol. The lowest BCUT2D eigenvalue weighted by Gasteiger charge is -2.35. The summed E-state index contributed by atoms with van der Waals surface area (Å²) in [6, 6.07) is 7.99. The zero-order chi connectivity index (χ0) is 14.8. The minimum absolute atomic E-state index is 0.215. The van der Waals surface area contributed by atoms with Crippen LogP contribution in [-0.4, -0.2) is 21.8 Å². The van der Waals surface area contributed by atoms with Crippen LogP contribution in [0.5, 0.6) is 0 Å². The molecule has 1 aromatic heterocycles. The molecule has 0 N–H and O–H groups in total. The first-order chi connectivity index (χ1) is 10.7. The Morgan fingerprint density at radius 3 is 2.86 bits per heavy atom. The van der Waals surface area contributed by atoms with Gasteiger partial charge in [0, 0.05) is 6.54 Å². The van der Waals surface area contributed by atoms with Crippen molar-refractivity contribution in [3.05, 3.63) is 30.1 Å². The van der Waals surface area contributed by atoms with E-state index in [1.54, 1.807) is 0 Å². The summed E-state index contributed by atoms with van der Waals surface area (Å²) in [5.41, 5.74) is 3.57. The van der Waals surface area contributed by atoms with Crippen LogP contribution in [0.1, 0.15) is 37.7 Å². The lowest BCUT2D eigenvalue weighted by Crippen LogP contribution is -2.34. The number of fused-ring (bicyclic) bond motifs is 1. The first kappa shape index (κ1) is 12.7. The third kappa shape index (κ3) is 1.82. The predicted octanol–water partition coefficient (Wildman–Crippen LogP) is 3.26. The molecular formula is C18H19N3O. The average Bonchev–Trinajstić information content (AvgIpc) is 3.44. The smallest absolute Gasteiger partial charge is 0.0992 e. The van der Waals surface area contributed by atoms with Crippen molar-refractivity contribution in [1.29, 1.82) is 5.26 Å². The van der Waals surface area contributed by atoms with Gasteiger partial charge in [0.05, 0.1) is 41.2 Å². The second-order valence-corrected chi connectivity index (χ2v) is 7.45. The van der Waals surface area contributed by atoms with Crippen molar-refractivity contribution in [2.45, 2.75) is 44.2 Å². The van der Waals surface area contributed by atoms with Crippen LogP contribution in [-0.2, 0) is 11.3 Å². The summed E-state index contributed by atoms with van der Waals surface area (Å²) in [5, 5.41) is 9.12. The Morgan fingerprint density at radius 1 is 1.32 bits per heavy atom. The normalized spacial score (nSPS) is 31.5. The number of hydrogen-bond acceptors (Lipinski definition) is 3. The zero-order valence-corrected chi connectivity index (χ0v) is 12.6. The molecular weight excluding hydrogens is 274 g/mol. The molecule has 1 aliphatic heterocycles. The molecule has 0 amide bonds. The monoisotopic (exact) mass is 293 g/mol. The highest BCUT2D eigenvalue weighted by Crippen LogP contribution is 2.64. The van der Waals surface area contributed by atoms with E-state index in [0.717, 1.165) is 24.2 Å². The fraction of sp³-hybridized carbons (Fsp3) is 0.556. The molecule has 2 atom stereocenters. The molecule has 2 spiro atoms. The Labute approximate surface area is 129 Å². The van der Waals surface area contributed by atoms with Crippen LogP contribution in [0.4, 0.5) is 0 Å². The quantitative estimate of drug-likeness (QED) is 0.799. The van der Waals surface area contributed by atoms with Gasteiger partial charge in [0.25, 0.3) is 0 Å². The highest BCUT2D eigenvalue weighted by atomic mass is 16.6. The molecule has 22 heavy (non-hydrogen) atoms. The lowest BCUT2D eigenvalue weighted by atomic mass is 9.71. The standard InChI is InChI=1S/C18H19N3O/c19-9-13-1-2-15-16(7-13)21(12-20-15)10-14-8-18(11-22-18)6-5-17(14)3-4-17/h1-2,7,12,14H,3-6,8,10-11H2/t14?,18-/m0/s1. The van der Waals surface area contributed by atoms with E-state index in [4.69, 9.17) is 10.00 Å². The van der Waals surface area contributed by atoms with Gasteiger partial charge in [-0.3, -0.25) is 0 Å². The van der Waals surface area contributed by atoms with Crippen molar-refractivity contribution >= 4 is 11.0 Å². The van der Waals surface area contributed by atoms with Crippen LogP contribution in [0.25, 0.3) is 11.0 Å². The predicted molar refractivity (Wildman–Crippen MR) is 82.1 cm³/mol. The van der Waals surface area contributed by atoms with Crippen molar-refractivity contribution in [1.82, 2.24) is 9.55 Å².